The Morgan fingerprint density at radius 3 is 2.57 bits per heavy atom. The molecule has 1 aromatic rings. The summed E-state index contributed by atoms with van der Waals surface area (Å²) in [4.78, 5) is 4.33. The zero-order valence-corrected chi connectivity index (χ0v) is 9.59. The molecule has 0 aliphatic heterocycles. The lowest BCUT2D eigenvalue weighted by Gasteiger charge is -2.13. The number of pyridine rings is 1. The van der Waals surface area contributed by atoms with E-state index in [-0.39, 0.29) is 0 Å². The first kappa shape index (κ1) is 11.2. The highest BCUT2D eigenvalue weighted by atomic mass is 14.7. The van der Waals surface area contributed by atoms with Crippen LogP contribution in [0.15, 0.2) is 18.3 Å². The molecule has 0 N–H and O–H groups in total. The van der Waals surface area contributed by atoms with Gasteiger partial charge in [-0.25, -0.2) is 0 Å². The van der Waals surface area contributed by atoms with Gasteiger partial charge in [-0.3, -0.25) is 4.98 Å². The summed E-state index contributed by atoms with van der Waals surface area (Å²) in [5.41, 5.74) is 2.49. The minimum absolute atomic E-state index is 0.838. The van der Waals surface area contributed by atoms with Crippen LogP contribution >= 0.6 is 0 Å². The third kappa shape index (κ3) is 3.49. The lowest BCUT2D eigenvalue weighted by Crippen LogP contribution is -2.03. The van der Waals surface area contributed by atoms with E-state index in [0.717, 1.165) is 11.6 Å². The van der Waals surface area contributed by atoms with Crippen LogP contribution in [0.25, 0.3) is 0 Å². The Morgan fingerprint density at radius 1 is 1.29 bits per heavy atom. The van der Waals surface area contributed by atoms with E-state index in [1.807, 2.05) is 13.1 Å². The van der Waals surface area contributed by atoms with Crippen LogP contribution in [-0.4, -0.2) is 4.98 Å². The summed E-state index contributed by atoms with van der Waals surface area (Å²) in [5.74, 6) is 0.838. The second-order valence-corrected chi connectivity index (χ2v) is 4.07. The van der Waals surface area contributed by atoms with Gasteiger partial charge < -0.3 is 0 Å². The molecule has 1 nitrogen and oxygen atoms in total. The van der Waals surface area contributed by atoms with Gasteiger partial charge in [0.1, 0.15) is 0 Å². The van der Waals surface area contributed by atoms with Gasteiger partial charge in [-0.05, 0) is 30.9 Å². The lowest BCUT2D eigenvalue weighted by molar-refractivity contribution is 0.461. The number of aryl methyl sites for hydroxylation is 1. The quantitative estimate of drug-likeness (QED) is 0.690. The predicted octanol–water partition coefficient (Wildman–Crippen LogP) is 3.76. The molecule has 14 heavy (non-hydrogen) atoms. The van der Waals surface area contributed by atoms with Crippen molar-refractivity contribution in [2.75, 3.05) is 0 Å². The Morgan fingerprint density at radius 2 is 2.07 bits per heavy atom. The second kappa shape index (κ2) is 5.79. The summed E-state index contributed by atoms with van der Waals surface area (Å²) >= 11 is 0. The Hall–Kier alpha value is -0.850. The third-order valence-electron chi connectivity index (χ3n) is 2.77. The maximum Gasteiger partial charge on any atom is 0.0372 e. The predicted molar refractivity (Wildman–Crippen MR) is 61.4 cm³/mol. The summed E-state index contributed by atoms with van der Waals surface area (Å²) in [5, 5.41) is 0. The third-order valence-corrected chi connectivity index (χ3v) is 2.77. The molecular weight excluding hydrogens is 170 g/mol. The van der Waals surface area contributed by atoms with E-state index in [2.05, 4.69) is 31.0 Å². The van der Waals surface area contributed by atoms with Crippen molar-refractivity contribution >= 4 is 0 Å². The number of aromatic nitrogens is 1. The Bertz CT molecular complexity index is 250. The Balaban J connectivity index is 2.53. The van der Waals surface area contributed by atoms with Crippen molar-refractivity contribution in [3.8, 4) is 0 Å². The zero-order chi connectivity index (χ0) is 10.4. The molecular formula is C13H21N. The minimum atomic E-state index is 0.838. The fourth-order valence-corrected chi connectivity index (χ4v) is 1.81. The number of hydrogen-bond donors (Lipinski definition) is 0. The fourth-order valence-electron chi connectivity index (χ4n) is 1.81. The van der Waals surface area contributed by atoms with Gasteiger partial charge in [-0.2, -0.15) is 0 Å². The van der Waals surface area contributed by atoms with Gasteiger partial charge in [-0.15, -0.1) is 0 Å². The van der Waals surface area contributed by atoms with Gasteiger partial charge in [0.25, 0.3) is 0 Å². The van der Waals surface area contributed by atoms with Crippen LogP contribution in [0.5, 0.6) is 0 Å². The van der Waals surface area contributed by atoms with E-state index >= 15 is 0 Å². The average Bonchev–Trinajstić information content (AvgIpc) is 2.20. The molecule has 1 unspecified atom stereocenters. The van der Waals surface area contributed by atoms with Crippen molar-refractivity contribution in [1.29, 1.82) is 0 Å². The monoisotopic (exact) mass is 191 g/mol. The van der Waals surface area contributed by atoms with Gasteiger partial charge >= 0.3 is 0 Å². The molecule has 0 fully saturated rings. The van der Waals surface area contributed by atoms with E-state index in [1.165, 1.54) is 31.2 Å². The molecule has 1 atom stereocenters. The highest BCUT2D eigenvalue weighted by molar-refractivity contribution is 5.13. The van der Waals surface area contributed by atoms with Gasteiger partial charge in [0.05, 0.1) is 0 Å². The lowest BCUT2D eigenvalue weighted by atomic mass is 9.93. The molecule has 0 saturated heterocycles. The number of rotatable bonds is 5. The first-order valence-corrected chi connectivity index (χ1v) is 5.67. The van der Waals surface area contributed by atoms with Crippen molar-refractivity contribution in [2.45, 2.75) is 46.5 Å². The molecule has 0 saturated carbocycles. The molecule has 0 spiro atoms. The van der Waals surface area contributed by atoms with Crippen LogP contribution in [0.1, 0.15) is 44.4 Å². The van der Waals surface area contributed by atoms with E-state index in [1.54, 1.807) is 0 Å². The summed E-state index contributed by atoms with van der Waals surface area (Å²) in [6, 6.07) is 4.31. The van der Waals surface area contributed by atoms with E-state index in [9.17, 15) is 0 Å². The molecule has 0 aromatic carbocycles. The number of hydrogen-bond acceptors (Lipinski definition) is 1. The van der Waals surface area contributed by atoms with Gasteiger partial charge in [0.2, 0.25) is 0 Å². The summed E-state index contributed by atoms with van der Waals surface area (Å²) in [7, 11) is 0. The van der Waals surface area contributed by atoms with Crippen LogP contribution in [0.3, 0.4) is 0 Å². The highest BCUT2D eigenvalue weighted by Gasteiger charge is 2.06. The van der Waals surface area contributed by atoms with Crippen molar-refractivity contribution in [3.05, 3.63) is 29.6 Å². The molecule has 0 aliphatic carbocycles. The second-order valence-electron chi connectivity index (χ2n) is 4.07. The zero-order valence-electron chi connectivity index (χ0n) is 9.59. The molecule has 1 aromatic heterocycles. The molecule has 0 amide bonds. The number of nitrogens with zero attached hydrogens (tertiary/aromatic N) is 1. The van der Waals surface area contributed by atoms with Crippen LogP contribution in [0.2, 0.25) is 0 Å². The Kier molecular flexibility index (Phi) is 4.64. The van der Waals surface area contributed by atoms with Crippen molar-refractivity contribution in [3.63, 3.8) is 0 Å². The molecule has 1 rings (SSSR count). The summed E-state index contributed by atoms with van der Waals surface area (Å²) in [6.07, 6.45) is 7.12. The maximum absolute atomic E-state index is 4.33. The SMILES string of the molecule is CCCC(CC)Cc1ccc(C)nc1. The van der Waals surface area contributed by atoms with E-state index in [4.69, 9.17) is 0 Å². The molecule has 0 radical (unpaired) electrons. The molecule has 78 valence electrons. The Labute approximate surface area is 87.6 Å². The highest BCUT2D eigenvalue weighted by Crippen LogP contribution is 2.16. The summed E-state index contributed by atoms with van der Waals surface area (Å²) < 4.78 is 0. The largest absolute Gasteiger partial charge is 0.261 e. The van der Waals surface area contributed by atoms with Crippen LogP contribution in [0, 0.1) is 12.8 Å². The van der Waals surface area contributed by atoms with Crippen molar-refractivity contribution < 1.29 is 0 Å². The van der Waals surface area contributed by atoms with Gasteiger partial charge in [-0.1, -0.05) is 39.2 Å². The van der Waals surface area contributed by atoms with Crippen LogP contribution in [0.4, 0.5) is 0 Å². The molecule has 0 aliphatic rings. The van der Waals surface area contributed by atoms with Crippen LogP contribution in [-0.2, 0) is 6.42 Å². The van der Waals surface area contributed by atoms with Crippen LogP contribution < -0.4 is 0 Å². The first-order chi connectivity index (χ1) is 6.76. The molecule has 0 bridgehead atoms. The minimum Gasteiger partial charge on any atom is -0.261 e. The molecule has 1 heterocycles. The summed E-state index contributed by atoms with van der Waals surface area (Å²) in [6.45, 7) is 6.57. The maximum atomic E-state index is 4.33. The standard InChI is InChI=1S/C13H21N/c1-4-6-12(5-2)9-13-8-7-11(3)14-10-13/h7-8,10,12H,4-6,9H2,1-3H3. The van der Waals surface area contributed by atoms with E-state index in [0.29, 0.717) is 0 Å². The smallest absolute Gasteiger partial charge is 0.0372 e. The average molecular weight is 191 g/mol. The molecule has 1 heteroatoms. The van der Waals surface area contributed by atoms with Gasteiger partial charge in [0.15, 0.2) is 0 Å². The normalized spacial score (nSPS) is 12.8. The fraction of sp³-hybridized carbons (Fsp3) is 0.615. The van der Waals surface area contributed by atoms with Crippen molar-refractivity contribution in [1.82, 2.24) is 4.98 Å². The van der Waals surface area contributed by atoms with E-state index < -0.39 is 0 Å². The van der Waals surface area contributed by atoms with Gasteiger partial charge in [0, 0.05) is 11.9 Å². The van der Waals surface area contributed by atoms with Crippen molar-refractivity contribution in [2.24, 2.45) is 5.92 Å². The first-order valence-electron chi connectivity index (χ1n) is 5.67. The topological polar surface area (TPSA) is 12.9 Å².